The maximum absolute atomic E-state index is 11.2. The van der Waals surface area contributed by atoms with Crippen molar-refractivity contribution in [1.82, 2.24) is 5.32 Å². The Kier molecular flexibility index (Phi) is 5.53. The summed E-state index contributed by atoms with van der Waals surface area (Å²) in [4.78, 5) is 11.2. The standard InChI is InChI=1S/C13H23NO2/c1-10(2)13(15)16-9-12-6-4-11(5-7-12)8-14-3/h11-12,14H,1,4-9H2,2-3H3. The third-order valence-corrected chi connectivity index (χ3v) is 3.26. The lowest BCUT2D eigenvalue weighted by Crippen LogP contribution is -2.26. The molecule has 1 aliphatic carbocycles. The third kappa shape index (κ3) is 4.35. The summed E-state index contributed by atoms with van der Waals surface area (Å²) >= 11 is 0. The van der Waals surface area contributed by atoms with Crippen LogP contribution in [0.4, 0.5) is 0 Å². The molecule has 0 heterocycles. The summed E-state index contributed by atoms with van der Waals surface area (Å²) in [6, 6.07) is 0. The maximum atomic E-state index is 11.2. The minimum Gasteiger partial charge on any atom is -0.462 e. The molecule has 0 saturated heterocycles. The first-order chi connectivity index (χ1) is 7.63. The molecule has 0 spiro atoms. The second-order valence-electron chi connectivity index (χ2n) is 4.82. The topological polar surface area (TPSA) is 38.3 Å². The van der Waals surface area contributed by atoms with Crippen LogP contribution in [-0.4, -0.2) is 26.2 Å². The Morgan fingerprint density at radius 1 is 1.31 bits per heavy atom. The molecular formula is C13H23NO2. The SMILES string of the molecule is C=C(C)C(=O)OCC1CCC(CNC)CC1. The second-order valence-corrected chi connectivity index (χ2v) is 4.82. The lowest BCUT2D eigenvalue weighted by molar-refractivity contribution is -0.140. The van der Waals surface area contributed by atoms with Gasteiger partial charge in [-0.2, -0.15) is 0 Å². The number of ether oxygens (including phenoxy) is 1. The number of rotatable bonds is 5. The lowest BCUT2D eigenvalue weighted by Gasteiger charge is -2.27. The van der Waals surface area contributed by atoms with Gasteiger partial charge in [-0.1, -0.05) is 6.58 Å². The van der Waals surface area contributed by atoms with Gasteiger partial charge in [-0.15, -0.1) is 0 Å². The van der Waals surface area contributed by atoms with Crippen LogP contribution in [-0.2, 0) is 9.53 Å². The summed E-state index contributed by atoms with van der Waals surface area (Å²) in [5.74, 6) is 1.10. The number of hydrogen-bond acceptors (Lipinski definition) is 3. The third-order valence-electron chi connectivity index (χ3n) is 3.26. The zero-order valence-electron chi connectivity index (χ0n) is 10.4. The van der Waals surface area contributed by atoms with Crippen molar-refractivity contribution in [3.05, 3.63) is 12.2 Å². The van der Waals surface area contributed by atoms with E-state index in [2.05, 4.69) is 11.9 Å². The van der Waals surface area contributed by atoms with Crippen LogP contribution >= 0.6 is 0 Å². The van der Waals surface area contributed by atoms with Crippen molar-refractivity contribution in [2.24, 2.45) is 11.8 Å². The van der Waals surface area contributed by atoms with Crippen LogP contribution in [0, 0.1) is 11.8 Å². The summed E-state index contributed by atoms with van der Waals surface area (Å²) in [6.45, 7) is 6.94. The molecule has 1 aliphatic rings. The number of esters is 1. The van der Waals surface area contributed by atoms with Crippen molar-refractivity contribution in [2.45, 2.75) is 32.6 Å². The fraction of sp³-hybridized carbons (Fsp3) is 0.769. The van der Waals surface area contributed by atoms with Gasteiger partial charge in [0, 0.05) is 5.57 Å². The van der Waals surface area contributed by atoms with Crippen molar-refractivity contribution in [3.63, 3.8) is 0 Å². The molecule has 0 aliphatic heterocycles. The van der Waals surface area contributed by atoms with Gasteiger partial charge in [0.05, 0.1) is 6.61 Å². The molecule has 0 aromatic carbocycles. The molecule has 16 heavy (non-hydrogen) atoms. The first-order valence-corrected chi connectivity index (χ1v) is 6.10. The average Bonchev–Trinajstić information content (AvgIpc) is 2.28. The Morgan fingerprint density at radius 3 is 2.38 bits per heavy atom. The number of carbonyl (C=O) groups is 1. The molecule has 0 bridgehead atoms. The normalized spacial score (nSPS) is 25.1. The van der Waals surface area contributed by atoms with Gasteiger partial charge in [0.25, 0.3) is 0 Å². The summed E-state index contributed by atoms with van der Waals surface area (Å²) in [5.41, 5.74) is 0.490. The molecule has 0 aromatic rings. The van der Waals surface area contributed by atoms with Gasteiger partial charge in [0.2, 0.25) is 0 Å². The van der Waals surface area contributed by atoms with E-state index >= 15 is 0 Å². The second kappa shape index (κ2) is 6.69. The zero-order valence-corrected chi connectivity index (χ0v) is 10.4. The molecule has 1 saturated carbocycles. The highest BCUT2D eigenvalue weighted by Gasteiger charge is 2.21. The van der Waals surface area contributed by atoms with Crippen molar-refractivity contribution in [2.75, 3.05) is 20.2 Å². The number of hydrogen-bond donors (Lipinski definition) is 1. The van der Waals surface area contributed by atoms with Crippen molar-refractivity contribution >= 4 is 5.97 Å². The summed E-state index contributed by atoms with van der Waals surface area (Å²) in [5, 5.41) is 3.22. The Balaban J connectivity index is 2.17. The lowest BCUT2D eigenvalue weighted by atomic mass is 9.82. The van der Waals surface area contributed by atoms with Gasteiger partial charge < -0.3 is 10.1 Å². The summed E-state index contributed by atoms with van der Waals surface area (Å²) < 4.78 is 5.18. The molecule has 3 heteroatoms. The fourth-order valence-corrected chi connectivity index (χ4v) is 2.21. The van der Waals surface area contributed by atoms with E-state index in [4.69, 9.17) is 4.74 Å². The molecule has 1 fully saturated rings. The Bertz CT molecular complexity index is 242. The molecule has 1 rings (SSSR count). The Morgan fingerprint density at radius 2 is 1.88 bits per heavy atom. The smallest absolute Gasteiger partial charge is 0.333 e. The average molecular weight is 225 g/mol. The van der Waals surface area contributed by atoms with E-state index in [-0.39, 0.29) is 5.97 Å². The molecule has 0 radical (unpaired) electrons. The highest BCUT2D eigenvalue weighted by molar-refractivity contribution is 5.86. The fourth-order valence-electron chi connectivity index (χ4n) is 2.21. The number of carbonyl (C=O) groups excluding carboxylic acids is 1. The van der Waals surface area contributed by atoms with Crippen LogP contribution in [0.15, 0.2) is 12.2 Å². The van der Waals surface area contributed by atoms with E-state index in [1.807, 2.05) is 7.05 Å². The minimum absolute atomic E-state index is 0.252. The molecule has 1 N–H and O–H groups in total. The van der Waals surface area contributed by atoms with Gasteiger partial charge >= 0.3 is 5.97 Å². The Labute approximate surface area is 98.2 Å². The van der Waals surface area contributed by atoms with Crippen LogP contribution in [0.5, 0.6) is 0 Å². The van der Waals surface area contributed by atoms with Gasteiger partial charge in [-0.05, 0) is 58.0 Å². The monoisotopic (exact) mass is 225 g/mol. The summed E-state index contributed by atoms with van der Waals surface area (Å²) in [6.07, 6.45) is 4.85. The molecule has 0 unspecified atom stereocenters. The van der Waals surface area contributed by atoms with E-state index < -0.39 is 0 Å². The highest BCUT2D eigenvalue weighted by Crippen LogP contribution is 2.28. The summed E-state index contributed by atoms with van der Waals surface area (Å²) in [7, 11) is 2.00. The van der Waals surface area contributed by atoms with Gasteiger partial charge in [0.15, 0.2) is 0 Å². The molecule has 0 aromatic heterocycles. The Hall–Kier alpha value is -0.830. The first kappa shape index (κ1) is 13.2. The van der Waals surface area contributed by atoms with Crippen LogP contribution in [0.25, 0.3) is 0 Å². The molecular weight excluding hydrogens is 202 g/mol. The van der Waals surface area contributed by atoms with Crippen LogP contribution in [0.2, 0.25) is 0 Å². The molecule has 0 amide bonds. The zero-order chi connectivity index (χ0) is 12.0. The van der Waals surface area contributed by atoms with Crippen molar-refractivity contribution in [1.29, 1.82) is 0 Å². The molecule has 3 nitrogen and oxygen atoms in total. The van der Waals surface area contributed by atoms with Crippen LogP contribution in [0.3, 0.4) is 0 Å². The largest absolute Gasteiger partial charge is 0.462 e. The maximum Gasteiger partial charge on any atom is 0.333 e. The minimum atomic E-state index is -0.252. The highest BCUT2D eigenvalue weighted by atomic mass is 16.5. The van der Waals surface area contributed by atoms with Gasteiger partial charge in [-0.25, -0.2) is 4.79 Å². The van der Waals surface area contributed by atoms with Crippen LogP contribution in [0.1, 0.15) is 32.6 Å². The quantitative estimate of drug-likeness (QED) is 0.575. The van der Waals surface area contributed by atoms with Crippen molar-refractivity contribution in [3.8, 4) is 0 Å². The van der Waals surface area contributed by atoms with E-state index in [0.717, 1.165) is 12.5 Å². The van der Waals surface area contributed by atoms with Gasteiger partial charge in [0.1, 0.15) is 0 Å². The number of nitrogens with one attached hydrogen (secondary N) is 1. The van der Waals surface area contributed by atoms with Crippen molar-refractivity contribution < 1.29 is 9.53 Å². The van der Waals surface area contributed by atoms with Gasteiger partial charge in [-0.3, -0.25) is 0 Å². The molecule has 0 atom stereocenters. The molecule has 92 valence electrons. The van der Waals surface area contributed by atoms with Crippen LogP contribution < -0.4 is 5.32 Å². The predicted molar refractivity (Wildman–Crippen MR) is 65.1 cm³/mol. The van der Waals surface area contributed by atoms with E-state index in [1.165, 1.54) is 25.7 Å². The first-order valence-electron chi connectivity index (χ1n) is 6.10. The predicted octanol–water partition coefficient (Wildman–Crippen LogP) is 2.13. The van der Waals surface area contributed by atoms with E-state index in [0.29, 0.717) is 18.1 Å². The van der Waals surface area contributed by atoms with E-state index in [1.54, 1.807) is 6.92 Å². The van der Waals surface area contributed by atoms with E-state index in [9.17, 15) is 4.79 Å².